The largest absolute Gasteiger partial charge is 0.449 e. The maximum atomic E-state index is 12.0. The van der Waals surface area contributed by atoms with Crippen LogP contribution in [0.2, 0.25) is 10.0 Å². The van der Waals surface area contributed by atoms with E-state index in [2.05, 4.69) is 11.9 Å². The molecule has 108 valence electrons. The van der Waals surface area contributed by atoms with Crippen LogP contribution in [-0.4, -0.2) is 18.5 Å². The second-order valence-electron chi connectivity index (χ2n) is 4.05. The first kappa shape index (κ1) is 16.5. The molecule has 0 bridgehead atoms. The van der Waals surface area contributed by atoms with Gasteiger partial charge in [0.25, 0.3) is 0 Å². The van der Waals surface area contributed by atoms with Crippen LogP contribution >= 0.6 is 23.2 Å². The van der Waals surface area contributed by atoms with Crippen LogP contribution in [-0.2, 0) is 4.74 Å². The van der Waals surface area contributed by atoms with E-state index in [1.165, 1.54) is 18.2 Å². The molecule has 0 atom stereocenters. The summed E-state index contributed by atoms with van der Waals surface area (Å²) in [6, 6.07) is 4.43. The van der Waals surface area contributed by atoms with Crippen LogP contribution in [0, 0.1) is 0 Å². The first-order valence-corrected chi connectivity index (χ1v) is 6.83. The van der Waals surface area contributed by atoms with Crippen molar-refractivity contribution in [3.63, 3.8) is 0 Å². The predicted octanol–water partition coefficient (Wildman–Crippen LogP) is 4.22. The summed E-state index contributed by atoms with van der Waals surface area (Å²) in [6.45, 7) is 5.80. The highest BCUT2D eigenvalue weighted by atomic mass is 35.5. The van der Waals surface area contributed by atoms with Crippen molar-refractivity contribution in [1.82, 2.24) is 5.32 Å². The van der Waals surface area contributed by atoms with Gasteiger partial charge in [-0.25, -0.2) is 4.79 Å². The lowest BCUT2D eigenvalue weighted by molar-refractivity contribution is 0.101. The Bertz CT molecular complexity index is 529. The molecule has 20 heavy (non-hydrogen) atoms. The quantitative estimate of drug-likeness (QED) is 0.486. The topological polar surface area (TPSA) is 55.4 Å². The van der Waals surface area contributed by atoms with Crippen LogP contribution < -0.4 is 5.32 Å². The minimum atomic E-state index is -0.697. The van der Waals surface area contributed by atoms with E-state index < -0.39 is 11.9 Å². The van der Waals surface area contributed by atoms with Crippen molar-refractivity contribution < 1.29 is 14.3 Å². The highest BCUT2D eigenvalue weighted by Gasteiger charge is 2.14. The monoisotopic (exact) mass is 315 g/mol. The van der Waals surface area contributed by atoms with Gasteiger partial charge in [0.15, 0.2) is 0 Å². The van der Waals surface area contributed by atoms with Crippen molar-refractivity contribution in [3.8, 4) is 0 Å². The molecule has 0 aromatic heterocycles. The molecule has 6 heteroatoms. The summed E-state index contributed by atoms with van der Waals surface area (Å²) in [5, 5.41) is 2.90. The van der Waals surface area contributed by atoms with Gasteiger partial charge < -0.3 is 4.74 Å². The number of hydrogen-bond acceptors (Lipinski definition) is 3. The number of carbonyl (C=O) groups excluding carboxylic acids is 2. The molecule has 1 rings (SSSR count). The van der Waals surface area contributed by atoms with Crippen LogP contribution in [0.5, 0.6) is 0 Å². The Balaban J connectivity index is 2.60. The van der Waals surface area contributed by atoms with E-state index in [4.69, 9.17) is 27.9 Å². The second kappa shape index (κ2) is 7.92. The third-order valence-electron chi connectivity index (χ3n) is 2.44. The molecule has 0 spiro atoms. The van der Waals surface area contributed by atoms with Crippen LogP contribution in [0.1, 0.15) is 30.1 Å². The number of nitrogens with one attached hydrogen (secondary N) is 1. The number of halogens is 2. The van der Waals surface area contributed by atoms with Gasteiger partial charge in [0.1, 0.15) is 0 Å². The molecule has 0 radical (unpaired) electrons. The number of hydrogen-bond donors (Lipinski definition) is 1. The molecule has 0 unspecified atom stereocenters. The zero-order chi connectivity index (χ0) is 15.1. The normalized spacial score (nSPS) is 9.95. The number of ketones is 1. The Labute approximate surface area is 127 Å². The Hall–Kier alpha value is -1.52. The molecule has 0 aliphatic carbocycles. The summed E-state index contributed by atoms with van der Waals surface area (Å²) < 4.78 is 4.87. The molecule has 0 heterocycles. The first-order chi connectivity index (χ1) is 9.45. The third-order valence-corrected chi connectivity index (χ3v) is 3.18. The fraction of sp³-hybridized carbons (Fsp3) is 0.286. The average molecular weight is 316 g/mol. The number of benzene rings is 1. The van der Waals surface area contributed by atoms with Gasteiger partial charge in [-0.1, -0.05) is 43.1 Å². The van der Waals surface area contributed by atoms with Gasteiger partial charge >= 0.3 is 6.09 Å². The number of ether oxygens (including phenoxy) is 1. The summed E-state index contributed by atoms with van der Waals surface area (Å²) >= 11 is 11.6. The fourth-order valence-electron chi connectivity index (χ4n) is 1.34. The van der Waals surface area contributed by atoms with Crippen LogP contribution in [0.15, 0.2) is 30.5 Å². The fourth-order valence-corrected chi connectivity index (χ4v) is 1.63. The van der Waals surface area contributed by atoms with Gasteiger partial charge in [-0.3, -0.25) is 10.1 Å². The van der Waals surface area contributed by atoms with Gasteiger partial charge in [-0.15, -0.1) is 0 Å². The Morgan fingerprint density at radius 3 is 2.60 bits per heavy atom. The lowest BCUT2D eigenvalue weighted by Crippen LogP contribution is -2.27. The van der Waals surface area contributed by atoms with Crippen molar-refractivity contribution in [2.45, 2.75) is 19.8 Å². The number of alkyl carbamates (subject to hydrolysis) is 1. The van der Waals surface area contributed by atoms with E-state index in [0.29, 0.717) is 17.2 Å². The van der Waals surface area contributed by atoms with Crippen molar-refractivity contribution in [2.75, 3.05) is 6.61 Å². The van der Waals surface area contributed by atoms with Gasteiger partial charge in [-0.05, 0) is 24.6 Å². The van der Waals surface area contributed by atoms with E-state index in [0.717, 1.165) is 12.8 Å². The molecule has 1 N–H and O–H groups in total. The first-order valence-electron chi connectivity index (χ1n) is 6.08. The SMILES string of the molecule is C=C(NC(=O)OCCCC)C(=O)c1ccc(Cl)c(Cl)c1. The number of rotatable bonds is 6. The van der Waals surface area contributed by atoms with Gasteiger partial charge in [-0.2, -0.15) is 0 Å². The van der Waals surface area contributed by atoms with E-state index in [-0.39, 0.29) is 10.7 Å². The minimum Gasteiger partial charge on any atom is -0.449 e. The van der Waals surface area contributed by atoms with Crippen LogP contribution in [0.4, 0.5) is 4.79 Å². The molecule has 0 aliphatic heterocycles. The molecule has 0 fully saturated rings. The Kier molecular flexibility index (Phi) is 6.55. The lowest BCUT2D eigenvalue weighted by atomic mass is 10.1. The molecule has 1 amide bonds. The van der Waals surface area contributed by atoms with Crippen LogP contribution in [0.25, 0.3) is 0 Å². The van der Waals surface area contributed by atoms with Crippen molar-refractivity contribution in [2.24, 2.45) is 0 Å². The Morgan fingerprint density at radius 1 is 1.30 bits per heavy atom. The van der Waals surface area contributed by atoms with Crippen LogP contribution in [0.3, 0.4) is 0 Å². The summed E-state index contributed by atoms with van der Waals surface area (Å²) in [7, 11) is 0. The maximum absolute atomic E-state index is 12.0. The zero-order valence-corrected chi connectivity index (χ0v) is 12.6. The minimum absolute atomic E-state index is 0.0788. The number of amides is 1. The molecule has 0 saturated heterocycles. The number of unbranched alkanes of at least 4 members (excludes halogenated alkanes) is 1. The van der Waals surface area contributed by atoms with E-state index in [9.17, 15) is 9.59 Å². The molecule has 0 aliphatic rings. The molecular weight excluding hydrogens is 301 g/mol. The van der Waals surface area contributed by atoms with Gasteiger partial charge in [0, 0.05) is 5.56 Å². The average Bonchev–Trinajstić information content (AvgIpc) is 2.41. The molecule has 4 nitrogen and oxygen atoms in total. The maximum Gasteiger partial charge on any atom is 0.411 e. The molecule has 0 saturated carbocycles. The summed E-state index contributed by atoms with van der Waals surface area (Å²) in [5.41, 5.74) is 0.211. The van der Waals surface area contributed by atoms with E-state index in [1.54, 1.807) is 0 Å². The number of carbonyl (C=O) groups is 2. The van der Waals surface area contributed by atoms with Crippen molar-refractivity contribution in [3.05, 3.63) is 46.1 Å². The predicted molar refractivity (Wildman–Crippen MR) is 79.3 cm³/mol. The molecular formula is C14H15Cl2NO3. The number of allylic oxidation sites excluding steroid dienone is 1. The third kappa shape index (κ3) is 4.87. The Morgan fingerprint density at radius 2 is 2.00 bits per heavy atom. The summed E-state index contributed by atoms with van der Waals surface area (Å²) in [6.07, 6.45) is 0.980. The van der Waals surface area contributed by atoms with Crippen molar-refractivity contribution >= 4 is 35.1 Å². The van der Waals surface area contributed by atoms with Crippen molar-refractivity contribution in [1.29, 1.82) is 0 Å². The molecule has 1 aromatic rings. The standard InChI is InChI=1S/C14H15Cl2NO3/c1-3-4-7-20-14(19)17-9(2)13(18)10-5-6-11(15)12(16)8-10/h5-6,8H,2-4,7H2,1H3,(H,17,19). The number of Topliss-reactive ketones (excluding diaryl/α,β-unsaturated/α-hetero) is 1. The van der Waals surface area contributed by atoms with Gasteiger partial charge in [0.2, 0.25) is 5.78 Å². The van der Waals surface area contributed by atoms with E-state index in [1.807, 2.05) is 6.92 Å². The highest BCUT2D eigenvalue weighted by molar-refractivity contribution is 6.42. The zero-order valence-electron chi connectivity index (χ0n) is 11.0. The summed E-state index contributed by atoms with van der Waals surface area (Å²) in [5.74, 6) is -0.448. The molecule has 1 aromatic carbocycles. The van der Waals surface area contributed by atoms with E-state index >= 15 is 0 Å². The lowest BCUT2D eigenvalue weighted by Gasteiger charge is -2.08. The second-order valence-corrected chi connectivity index (χ2v) is 4.87. The highest BCUT2D eigenvalue weighted by Crippen LogP contribution is 2.23. The smallest absolute Gasteiger partial charge is 0.411 e. The van der Waals surface area contributed by atoms with Gasteiger partial charge in [0.05, 0.1) is 22.3 Å². The summed E-state index contributed by atoms with van der Waals surface area (Å²) in [4.78, 5) is 23.4.